The van der Waals surface area contributed by atoms with Crippen molar-refractivity contribution in [1.29, 1.82) is 0 Å². The molecule has 5 nitrogen and oxygen atoms in total. The third-order valence-corrected chi connectivity index (χ3v) is 3.40. The Hall–Kier alpha value is -2.08. The van der Waals surface area contributed by atoms with E-state index < -0.39 is 0 Å². The van der Waals surface area contributed by atoms with Crippen LogP contribution >= 0.6 is 11.8 Å². The number of aromatic hydroxyl groups is 1. The predicted molar refractivity (Wildman–Crippen MR) is 69.4 cm³/mol. The summed E-state index contributed by atoms with van der Waals surface area (Å²) in [7, 11) is 0. The van der Waals surface area contributed by atoms with Gasteiger partial charge in [0.05, 0.1) is 0 Å². The first-order valence-electron chi connectivity index (χ1n) is 5.39. The molecule has 3 rings (SSSR count). The molecule has 0 fully saturated rings. The molecular formula is C12H10N4OS. The summed E-state index contributed by atoms with van der Waals surface area (Å²) in [6, 6.07) is 10.1. The Morgan fingerprint density at radius 3 is 2.78 bits per heavy atom. The number of imidazole rings is 1. The molecule has 0 spiro atoms. The van der Waals surface area contributed by atoms with E-state index in [0.717, 1.165) is 10.9 Å². The zero-order chi connectivity index (χ0) is 12.4. The van der Waals surface area contributed by atoms with E-state index in [9.17, 15) is 5.11 Å². The lowest BCUT2D eigenvalue weighted by Gasteiger charge is -1.97. The van der Waals surface area contributed by atoms with E-state index in [-0.39, 0.29) is 5.88 Å². The average Bonchev–Trinajstić information content (AvgIpc) is 2.82. The maximum atomic E-state index is 9.53. The summed E-state index contributed by atoms with van der Waals surface area (Å²) in [5.41, 5.74) is 2.18. The number of thioether (sulfide) groups is 1. The maximum absolute atomic E-state index is 9.53. The SMILES string of the molecule is Oc1ncnc2[nH]c(SCc3ccccc3)nc12. The minimum atomic E-state index is -0.0946. The first-order valence-corrected chi connectivity index (χ1v) is 6.38. The largest absolute Gasteiger partial charge is 0.492 e. The Morgan fingerprint density at radius 2 is 2.00 bits per heavy atom. The minimum absolute atomic E-state index is 0.0946. The molecule has 2 N–H and O–H groups in total. The number of hydrogen-bond donors (Lipinski definition) is 2. The molecule has 2 aromatic heterocycles. The van der Waals surface area contributed by atoms with Crippen LogP contribution in [0.2, 0.25) is 0 Å². The predicted octanol–water partition coefficient (Wildman–Crippen LogP) is 2.35. The van der Waals surface area contributed by atoms with Crippen molar-refractivity contribution in [2.24, 2.45) is 0 Å². The Balaban J connectivity index is 1.81. The van der Waals surface area contributed by atoms with Gasteiger partial charge in [-0.25, -0.2) is 9.97 Å². The molecule has 0 atom stereocenters. The second kappa shape index (κ2) is 4.66. The summed E-state index contributed by atoms with van der Waals surface area (Å²) in [4.78, 5) is 15.0. The smallest absolute Gasteiger partial charge is 0.242 e. The molecule has 90 valence electrons. The van der Waals surface area contributed by atoms with Gasteiger partial charge < -0.3 is 10.1 Å². The number of benzene rings is 1. The number of rotatable bonds is 3. The molecular weight excluding hydrogens is 248 g/mol. The third-order valence-electron chi connectivity index (χ3n) is 2.46. The van der Waals surface area contributed by atoms with Crippen molar-refractivity contribution in [3.05, 3.63) is 42.2 Å². The van der Waals surface area contributed by atoms with Gasteiger partial charge in [0, 0.05) is 5.75 Å². The van der Waals surface area contributed by atoms with Crippen LogP contribution in [-0.4, -0.2) is 25.0 Å². The Bertz CT molecular complexity index is 668. The fraction of sp³-hybridized carbons (Fsp3) is 0.0833. The van der Waals surface area contributed by atoms with Crippen LogP contribution in [0.3, 0.4) is 0 Å². The van der Waals surface area contributed by atoms with Crippen molar-refractivity contribution in [1.82, 2.24) is 19.9 Å². The van der Waals surface area contributed by atoms with E-state index in [1.54, 1.807) is 11.8 Å². The van der Waals surface area contributed by atoms with Gasteiger partial charge in [-0.1, -0.05) is 42.1 Å². The zero-order valence-corrected chi connectivity index (χ0v) is 10.2. The highest BCUT2D eigenvalue weighted by atomic mass is 32.2. The van der Waals surface area contributed by atoms with Crippen LogP contribution in [0.4, 0.5) is 0 Å². The summed E-state index contributed by atoms with van der Waals surface area (Å²) >= 11 is 1.56. The molecule has 0 bridgehead atoms. The highest BCUT2D eigenvalue weighted by Gasteiger charge is 2.08. The molecule has 3 aromatic rings. The van der Waals surface area contributed by atoms with E-state index in [4.69, 9.17) is 0 Å². The van der Waals surface area contributed by atoms with Crippen LogP contribution in [0.5, 0.6) is 5.88 Å². The van der Waals surface area contributed by atoms with Crippen LogP contribution in [0, 0.1) is 0 Å². The van der Waals surface area contributed by atoms with E-state index in [1.165, 1.54) is 11.9 Å². The van der Waals surface area contributed by atoms with Crippen molar-refractivity contribution < 1.29 is 5.11 Å². The summed E-state index contributed by atoms with van der Waals surface area (Å²) in [5, 5.41) is 10.3. The first kappa shape index (κ1) is 11.0. The van der Waals surface area contributed by atoms with Gasteiger partial charge in [-0.3, -0.25) is 0 Å². The van der Waals surface area contributed by atoms with Crippen molar-refractivity contribution in [2.45, 2.75) is 10.9 Å². The molecule has 0 saturated heterocycles. The van der Waals surface area contributed by atoms with Crippen LogP contribution in [0.15, 0.2) is 41.8 Å². The monoisotopic (exact) mass is 258 g/mol. The number of fused-ring (bicyclic) bond motifs is 1. The summed E-state index contributed by atoms with van der Waals surface area (Å²) < 4.78 is 0. The number of nitrogens with zero attached hydrogens (tertiary/aromatic N) is 3. The third kappa shape index (κ3) is 2.14. The average molecular weight is 258 g/mol. The summed E-state index contributed by atoms with van der Waals surface area (Å²) in [6.07, 6.45) is 1.31. The van der Waals surface area contributed by atoms with Gasteiger partial charge in [0.2, 0.25) is 5.88 Å². The molecule has 2 heterocycles. The Kier molecular flexibility index (Phi) is 2.85. The lowest BCUT2D eigenvalue weighted by atomic mass is 10.2. The molecule has 6 heteroatoms. The molecule has 18 heavy (non-hydrogen) atoms. The van der Waals surface area contributed by atoms with Gasteiger partial charge in [0.25, 0.3) is 0 Å². The molecule has 0 amide bonds. The Labute approximate surface area is 107 Å². The highest BCUT2D eigenvalue weighted by Crippen LogP contribution is 2.24. The lowest BCUT2D eigenvalue weighted by molar-refractivity contribution is 0.458. The molecule has 0 aliphatic carbocycles. The number of aromatic nitrogens is 4. The lowest BCUT2D eigenvalue weighted by Crippen LogP contribution is -1.80. The van der Waals surface area contributed by atoms with Crippen LogP contribution < -0.4 is 0 Å². The van der Waals surface area contributed by atoms with Crippen molar-refractivity contribution in [3.8, 4) is 5.88 Å². The first-order chi connectivity index (χ1) is 8.83. The van der Waals surface area contributed by atoms with E-state index in [1.807, 2.05) is 18.2 Å². The number of nitrogens with one attached hydrogen (secondary N) is 1. The quantitative estimate of drug-likeness (QED) is 0.705. The zero-order valence-electron chi connectivity index (χ0n) is 9.37. The molecule has 0 unspecified atom stereocenters. The van der Waals surface area contributed by atoms with Crippen molar-refractivity contribution in [2.75, 3.05) is 0 Å². The fourth-order valence-electron chi connectivity index (χ4n) is 1.59. The molecule has 0 saturated carbocycles. The standard InChI is InChI=1S/C12H10N4OS/c17-11-9-10(13-7-14-11)16-12(15-9)18-6-8-4-2-1-3-5-8/h1-5,7H,6H2,(H2,13,14,15,16,17). The van der Waals surface area contributed by atoms with Gasteiger partial charge in [0.1, 0.15) is 6.33 Å². The summed E-state index contributed by atoms with van der Waals surface area (Å²) in [6.45, 7) is 0. The van der Waals surface area contributed by atoms with Crippen LogP contribution in [0.25, 0.3) is 11.2 Å². The number of aromatic amines is 1. The molecule has 0 radical (unpaired) electrons. The maximum Gasteiger partial charge on any atom is 0.242 e. The van der Waals surface area contributed by atoms with Gasteiger partial charge in [0.15, 0.2) is 16.3 Å². The van der Waals surface area contributed by atoms with Crippen molar-refractivity contribution >= 4 is 22.9 Å². The van der Waals surface area contributed by atoms with Gasteiger partial charge in [-0.15, -0.1) is 0 Å². The minimum Gasteiger partial charge on any atom is -0.492 e. The van der Waals surface area contributed by atoms with E-state index in [0.29, 0.717) is 11.2 Å². The fourth-order valence-corrected chi connectivity index (χ4v) is 2.41. The second-order valence-corrected chi connectivity index (χ2v) is 4.67. The van der Waals surface area contributed by atoms with E-state index in [2.05, 4.69) is 32.1 Å². The summed E-state index contributed by atoms with van der Waals surface area (Å²) in [5.74, 6) is 0.720. The number of hydrogen-bond acceptors (Lipinski definition) is 5. The normalized spacial score (nSPS) is 10.9. The van der Waals surface area contributed by atoms with Gasteiger partial charge in [-0.2, -0.15) is 4.98 Å². The second-order valence-electron chi connectivity index (χ2n) is 3.71. The molecule has 0 aliphatic rings. The topological polar surface area (TPSA) is 74.7 Å². The van der Waals surface area contributed by atoms with Crippen LogP contribution in [-0.2, 0) is 5.75 Å². The number of H-pyrrole nitrogens is 1. The Morgan fingerprint density at radius 1 is 1.17 bits per heavy atom. The van der Waals surface area contributed by atoms with Crippen molar-refractivity contribution in [3.63, 3.8) is 0 Å². The van der Waals surface area contributed by atoms with Gasteiger partial charge >= 0.3 is 0 Å². The van der Waals surface area contributed by atoms with Gasteiger partial charge in [-0.05, 0) is 5.56 Å². The highest BCUT2D eigenvalue weighted by molar-refractivity contribution is 7.98. The molecule has 1 aromatic carbocycles. The van der Waals surface area contributed by atoms with Crippen LogP contribution in [0.1, 0.15) is 5.56 Å². The van der Waals surface area contributed by atoms with E-state index >= 15 is 0 Å². The molecule has 0 aliphatic heterocycles.